The van der Waals surface area contributed by atoms with Gasteiger partial charge in [-0.1, -0.05) is 52.8 Å². The molecule has 0 heterocycles. The maximum absolute atomic E-state index is 12.0. The summed E-state index contributed by atoms with van der Waals surface area (Å²) in [6.07, 6.45) is 0. The van der Waals surface area contributed by atoms with Crippen LogP contribution >= 0.6 is 56.7 Å². The molecule has 0 aromatic heterocycles. The molecule has 0 aliphatic rings. The Morgan fingerprint density at radius 3 is 0.812 bits per heavy atom. The van der Waals surface area contributed by atoms with Crippen LogP contribution in [-0.4, -0.2) is 10.3 Å². The predicted molar refractivity (Wildman–Crippen MR) is 78.1 cm³/mol. The molecule has 0 bridgehead atoms. The third-order valence-electron chi connectivity index (χ3n) is 1.73. The summed E-state index contributed by atoms with van der Waals surface area (Å²) in [7, 11) is 0. The second-order valence-electron chi connectivity index (χ2n) is 5.27. The Balaban J connectivity index is 0. The first-order valence-electron chi connectivity index (χ1n) is 4.49. The van der Waals surface area contributed by atoms with Gasteiger partial charge in [0.25, 0.3) is 0 Å². The van der Waals surface area contributed by atoms with Crippen LogP contribution < -0.4 is 0 Å². The second kappa shape index (κ2) is 6.18. The zero-order valence-corrected chi connectivity index (χ0v) is 15.0. The molecule has 0 rings (SSSR count). The molecule has 2 nitrogen and oxygen atoms in total. The van der Waals surface area contributed by atoms with Gasteiger partial charge in [0.2, 0.25) is 0 Å². The third kappa shape index (κ3) is 8.67. The van der Waals surface area contributed by atoms with Gasteiger partial charge < -0.3 is 4.57 Å². The molecule has 0 atom stereocenters. The Kier molecular flexibility index (Phi) is 7.70. The zero-order chi connectivity index (χ0) is 14.0. The monoisotopic (exact) mass is 348 g/mol. The third-order valence-corrected chi connectivity index (χ3v) is 8.22. The van der Waals surface area contributed by atoms with Crippen LogP contribution in [0.5, 0.6) is 0 Å². The highest BCUT2D eigenvalue weighted by Gasteiger charge is 2.44. The van der Waals surface area contributed by atoms with Crippen LogP contribution in [0, 0.1) is 0 Å². The van der Waals surface area contributed by atoms with E-state index in [0.29, 0.717) is 0 Å². The molecule has 8 heteroatoms. The highest BCUT2D eigenvalue weighted by Crippen LogP contribution is 2.70. The number of halogens is 4. The molecular weight excluding hydrogens is 332 g/mol. The first-order valence-corrected chi connectivity index (χ1v) is 11.5. The fraction of sp³-hybridized carbons (Fsp3) is 1.00. The maximum atomic E-state index is 12.0. The molecular formula is C8H18Cl4O2P2. The van der Waals surface area contributed by atoms with Crippen LogP contribution in [0.25, 0.3) is 0 Å². The van der Waals surface area contributed by atoms with Gasteiger partial charge in [-0.25, -0.2) is 0 Å². The van der Waals surface area contributed by atoms with Crippen molar-refractivity contribution in [2.24, 2.45) is 0 Å². The van der Waals surface area contributed by atoms with Gasteiger partial charge in [0.05, 0.1) is 0 Å². The van der Waals surface area contributed by atoms with Crippen LogP contribution in [0.1, 0.15) is 41.5 Å². The van der Waals surface area contributed by atoms with E-state index in [0.717, 1.165) is 0 Å². The van der Waals surface area contributed by atoms with Crippen molar-refractivity contribution in [3.63, 3.8) is 0 Å². The van der Waals surface area contributed by atoms with Gasteiger partial charge in [0, 0.05) is 10.3 Å². The smallest absolute Gasteiger partial charge is 0.306 e. The molecule has 0 aromatic rings. The number of hydrogen-bond donors (Lipinski definition) is 0. The summed E-state index contributed by atoms with van der Waals surface area (Å²) in [6.45, 7) is 8.95. The van der Waals surface area contributed by atoms with Gasteiger partial charge in [-0.15, -0.1) is 0 Å². The summed E-state index contributed by atoms with van der Waals surface area (Å²) >= 11 is 19.9. The maximum Gasteiger partial charge on any atom is 0.339 e. The van der Waals surface area contributed by atoms with Crippen molar-refractivity contribution in [1.82, 2.24) is 0 Å². The molecule has 100 valence electrons. The number of rotatable bonds is 0. The lowest BCUT2D eigenvalue weighted by molar-refractivity contribution is 0.532. The summed E-state index contributed by atoms with van der Waals surface area (Å²) < 4.78 is 21.5. The van der Waals surface area contributed by atoms with E-state index < -0.39 is 11.7 Å². The van der Waals surface area contributed by atoms with Crippen LogP contribution in [0.15, 0.2) is 0 Å². The molecule has 0 radical (unpaired) electrons. The van der Waals surface area contributed by atoms with E-state index in [1.807, 2.05) is 41.5 Å². The second-order valence-corrected chi connectivity index (χ2v) is 17.1. The van der Waals surface area contributed by atoms with Crippen molar-refractivity contribution in [2.75, 3.05) is 0 Å². The minimum atomic E-state index is -3.22. The van der Waals surface area contributed by atoms with Crippen LogP contribution in [-0.2, 0) is 9.13 Å². The van der Waals surface area contributed by atoms with E-state index in [9.17, 15) is 9.13 Å². The van der Waals surface area contributed by atoms with Crippen LogP contribution in [0.2, 0.25) is 0 Å². The summed E-state index contributed by atoms with van der Waals surface area (Å²) in [5.74, 6) is 0. The molecule has 0 aliphatic carbocycles. The van der Waals surface area contributed by atoms with Crippen molar-refractivity contribution >= 4 is 56.7 Å². The SMILES string of the molecule is CC(C)(C)P(=O)(Cl)C(C)(C)C.O=P(Cl)(Cl)Cl. The highest BCUT2D eigenvalue weighted by molar-refractivity contribution is 8.24. The Hall–Kier alpha value is 1.62. The van der Waals surface area contributed by atoms with E-state index in [1.54, 1.807) is 0 Å². The molecule has 16 heavy (non-hydrogen) atoms. The normalized spacial score (nSPS) is 14.1. The van der Waals surface area contributed by atoms with Gasteiger partial charge >= 0.3 is 5.20 Å². The molecule has 0 saturated carbocycles. The predicted octanol–water partition coefficient (Wildman–Crippen LogP) is 6.91. The molecule has 0 fully saturated rings. The zero-order valence-electron chi connectivity index (χ0n) is 10.2. The Morgan fingerprint density at radius 1 is 0.688 bits per heavy atom. The molecule has 0 aliphatic heterocycles. The summed E-state index contributed by atoms with van der Waals surface area (Å²) in [4.78, 5) is 0. The Bertz CT molecular complexity index is 285. The fourth-order valence-corrected chi connectivity index (χ4v) is 3.02. The molecule has 0 unspecified atom stereocenters. The van der Waals surface area contributed by atoms with E-state index in [4.69, 9.17) is 11.2 Å². The minimum absolute atomic E-state index is 0.299. The topological polar surface area (TPSA) is 34.1 Å². The lowest BCUT2D eigenvalue weighted by Crippen LogP contribution is -2.25. The van der Waals surface area contributed by atoms with E-state index in [2.05, 4.69) is 33.7 Å². The van der Waals surface area contributed by atoms with Crippen molar-refractivity contribution in [2.45, 2.75) is 51.9 Å². The average Bonchev–Trinajstić information content (AvgIpc) is 1.76. The standard InChI is InChI=1S/C8H18ClOP.Cl3OP/c1-7(2,3)11(9,10)8(4,5)6;1-5(2,3)4/h1-6H3;. The average molecular weight is 350 g/mol. The summed E-state index contributed by atoms with van der Waals surface area (Å²) in [6, 6.07) is 0. The van der Waals surface area contributed by atoms with Crippen molar-refractivity contribution in [3.05, 3.63) is 0 Å². The highest BCUT2D eigenvalue weighted by atomic mass is 36.0. The summed E-state index contributed by atoms with van der Waals surface area (Å²) in [5.41, 5.74) is 0. The van der Waals surface area contributed by atoms with Crippen molar-refractivity contribution in [3.8, 4) is 0 Å². The molecule has 0 amide bonds. The van der Waals surface area contributed by atoms with Crippen molar-refractivity contribution in [1.29, 1.82) is 0 Å². The van der Waals surface area contributed by atoms with Gasteiger partial charge in [-0.2, -0.15) is 0 Å². The molecule has 0 saturated heterocycles. The molecule has 0 aromatic carbocycles. The lowest BCUT2D eigenvalue weighted by atomic mass is 10.2. The Morgan fingerprint density at radius 2 is 0.812 bits per heavy atom. The Labute approximate surface area is 117 Å². The van der Waals surface area contributed by atoms with Gasteiger partial charge in [0.1, 0.15) is 0 Å². The van der Waals surface area contributed by atoms with Crippen LogP contribution in [0.3, 0.4) is 0 Å². The minimum Gasteiger partial charge on any atom is -0.306 e. The van der Waals surface area contributed by atoms with Gasteiger partial charge in [-0.3, -0.25) is 4.57 Å². The van der Waals surface area contributed by atoms with Gasteiger partial charge in [-0.05, 0) is 33.7 Å². The van der Waals surface area contributed by atoms with Crippen molar-refractivity contribution < 1.29 is 9.13 Å². The first kappa shape index (κ1) is 19.9. The first-order chi connectivity index (χ1) is 6.50. The van der Waals surface area contributed by atoms with Crippen LogP contribution in [0.4, 0.5) is 0 Å². The molecule has 0 N–H and O–H groups in total. The van der Waals surface area contributed by atoms with Gasteiger partial charge in [0.15, 0.2) is 6.49 Å². The lowest BCUT2D eigenvalue weighted by Gasteiger charge is -2.35. The fourth-order valence-electron chi connectivity index (χ4n) is 1.01. The number of hydrogen-bond acceptors (Lipinski definition) is 2. The van der Waals surface area contributed by atoms with E-state index in [1.165, 1.54) is 0 Å². The van der Waals surface area contributed by atoms with E-state index in [-0.39, 0.29) is 10.3 Å². The summed E-state index contributed by atoms with van der Waals surface area (Å²) in [5, 5.41) is -3.82. The molecule has 0 spiro atoms. The largest absolute Gasteiger partial charge is 0.339 e. The quantitative estimate of drug-likeness (QED) is 0.445. The van der Waals surface area contributed by atoms with E-state index >= 15 is 0 Å².